The number of aromatic nitrogens is 3. The molecule has 1 aliphatic heterocycles. The smallest absolute Gasteiger partial charge is 0.276 e. The lowest BCUT2D eigenvalue weighted by Gasteiger charge is -2.30. The summed E-state index contributed by atoms with van der Waals surface area (Å²) >= 11 is 7.56. The first-order valence-electron chi connectivity index (χ1n) is 11.0. The number of rotatable bonds is 5. The highest BCUT2D eigenvalue weighted by Gasteiger charge is 2.31. The average molecular weight is 522 g/mol. The van der Waals surface area contributed by atoms with Gasteiger partial charge in [-0.15, -0.1) is 11.3 Å². The van der Waals surface area contributed by atoms with Gasteiger partial charge in [-0.1, -0.05) is 38.4 Å². The molecule has 0 spiro atoms. The Labute approximate surface area is 208 Å². The largest absolute Gasteiger partial charge is 0.304 e. The van der Waals surface area contributed by atoms with Crippen LogP contribution in [0.1, 0.15) is 66.3 Å². The number of carbonyl (C=O) groups excluding carboxylic acids is 1. The number of carbonyl (C=O) groups is 1. The maximum Gasteiger partial charge on any atom is 0.276 e. The fourth-order valence-corrected chi connectivity index (χ4v) is 6.47. The Kier molecular flexibility index (Phi) is 6.87. The van der Waals surface area contributed by atoms with Crippen LogP contribution in [0.3, 0.4) is 0 Å². The molecule has 3 aromatic rings. The maximum absolute atomic E-state index is 13.0. The lowest BCUT2D eigenvalue weighted by molar-refractivity contribution is 0.102. The Morgan fingerprint density at radius 1 is 1.24 bits per heavy atom. The van der Waals surface area contributed by atoms with Crippen molar-refractivity contribution in [1.82, 2.24) is 19.5 Å². The molecular formula is C23H28ClN5O3S2. The van der Waals surface area contributed by atoms with Crippen molar-refractivity contribution in [2.24, 2.45) is 0 Å². The minimum Gasteiger partial charge on any atom is -0.304 e. The quantitative estimate of drug-likeness (QED) is 0.494. The highest BCUT2D eigenvalue weighted by molar-refractivity contribution is 7.89. The molecule has 3 heterocycles. The van der Waals surface area contributed by atoms with Crippen LogP contribution in [0, 0.1) is 6.92 Å². The van der Waals surface area contributed by atoms with E-state index in [1.165, 1.54) is 21.7 Å². The Balaban J connectivity index is 1.38. The molecular weight excluding hydrogens is 494 g/mol. The van der Waals surface area contributed by atoms with E-state index in [0.29, 0.717) is 42.5 Å². The van der Waals surface area contributed by atoms with E-state index in [2.05, 4.69) is 41.3 Å². The van der Waals surface area contributed by atoms with Crippen LogP contribution in [-0.4, -0.2) is 46.9 Å². The van der Waals surface area contributed by atoms with Gasteiger partial charge >= 0.3 is 0 Å². The first kappa shape index (κ1) is 24.8. The SMILES string of the molecule is Cc1ccc(S(=O)(=O)N2CCC(c3nc(C(=O)Nc4cc(C(C)(C)C)[nH]n4)cs3)CC2)cc1Cl. The lowest BCUT2D eigenvalue weighted by atomic mass is 9.92. The summed E-state index contributed by atoms with van der Waals surface area (Å²) in [6, 6.07) is 6.64. The predicted octanol–water partition coefficient (Wildman–Crippen LogP) is 4.95. The number of amides is 1. The second-order valence-corrected chi connectivity index (χ2v) is 12.8. The van der Waals surface area contributed by atoms with Gasteiger partial charge < -0.3 is 5.32 Å². The molecule has 0 bridgehead atoms. The highest BCUT2D eigenvalue weighted by atomic mass is 35.5. The highest BCUT2D eigenvalue weighted by Crippen LogP contribution is 2.33. The number of anilines is 1. The number of piperidine rings is 1. The summed E-state index contributed by atoms with van der Waals surface area (Å²) in [6.45, 7) is 8.80. The number of halogens is 1. The van der Waals surface area contributed by atoms with Crippen LogP contribution >= 0.6 is 22.9 Å². The van der Waals surface area contributed by atoms with Crippen molar-refractivity contribution in [2.45, 2.75) is 56.8 Å². The lowest BCUT2D eigenvalue weighted by Crippen LogP contribution is -2.37. The van der Waals surface area contributed by atoms with Gasteiger partial charge in [-0.3, -0.25) is 9.89 Å². The summed E-state index contributed by atoms with van der Waals surface area (Å²) in [4.78, 5) is 17.4. The van der Waals surface area contributed by atoms with Crippen LogP contribution in [0.25, 0.3) is 0 Å². The minimum absolute atomic E-state index is 0.0994. The number of nitrogens with zero attached hydrogens (tertiary/aromatic N) is 3. The molecule has 0 unspecified atom stereocenters. The van der Waals surface area contributed by atoms with Gasteiger partial charge in [0, 0.05) is 46.6 Å². The van der Waals surface area contributed by atoms with Crippen molar-refractivity contribution in [2.75, 3.05) is 18.4 Å². The molecule has 1 aliphatic rings. The molecule has 0 atom stereocenters. The number of aryl methyl sites for hydroxylation is 1. The summed E-state index contributed by atoms with van der Waals surface area (Å²) in [5, 5.41) is 12.9. The van der Waals surface area contributed by atoms with Gasteiger partial charge in [-0.25, -0.2) is 13.4 Å². The number of hydrogen-bond donors (Lipinski definition) is 2. The second-order valence-electron chi connectivity index (χ2n) is 9.53. The third kappa shape index (κ3) is 5.19. The van der Waals surface area contributed by atoms with E-state index >= 15 is 0 Å². The molecule has 1 amide bonds. The predicted molar refractivity (Wildman–Crippen MR) is 134 cm³/mol. The number of H-pyrrole nitrogens is 1. The molecule has 34 heavy (non-hydrogen) atoms. The summed E-state index contributed by atoms with van der Waals surface area (Å²) < 4.78 is 27.5. The van der Waals surface area contributed by atoms with E-state index in [9.17, 15) is 13.2 Å². The van der Waals surface area contributed by atoms with Crippen LogP contribution < -0.4 is 5.32 Å². The van der Waals surface area contributed by atoms with Gasteiger partial charge in [0.25, 0.3) is 5.91 Å². The van der Waals surface area contributed by atoms with Crippen LogP contribution in [0.15, 0.2) is 34.5 Å². The van der Waals surface area contributed by atoms with Crippen LogP contribution in [-0.2, 0) is 15.4 Å². The molecule has 8 nitrogen and oxygen atoms in total. The second kappa shape index (κ2) is 9.41. The number of sulfonamides is 1. The van der Waals surface area contributed by atoms with Crippen molar-refractivity contribution in [3.8, 4) is 0 Å². The molecule has 2 aromatic heterocycles. The fraction of sp³-hybridized carbons (Fsp3) is 0.435. The molecule has 4 rings (SSSR count). The van der Waals surface area contributed by atoms with Crippen LogP contribution in [0.5, 0.6) is 0 Å². The number of hydrogen-bond acceptors (Lipinski definition) is 6. The number of benzene rings is 1. The Hall–Kier alpha value is -2.27. The summed E-state index contributed by atoms with van der Waals surface area (Å²) in [7, 11) is -3.60. The van der Waals surface area contributed by atoms with Crippen molar-refractivity contribution < 1.29 is 13.2 Å². The maximum atomic E-state index is 13.0. The third-order valence-electron chi connectivity index (χ3n) is 5.97. The standard InChI is InChI=1S/C23H28ClN5O3S2/c1-14-5-6-16(11-17(14)24)34(31,32)29-9-7-15(8-10-29)22-25-18(13-33-22)21(30)26-20-12-19(27-28-20)23(2,3)4/h5-6,11-13,15H,7-10H2,1-4H3,(H2,26,27,28,30). The first-order chi connectivity index (χ1) is 15.9. The topological polar surface area (TPSA) is 108 Å². The zero-order valence-electron chi connectivity index (χ0n) is 19.6. The van der Waals surface area contributed by atoms with Crippen molar-refractivity contribution in [3.63, 3.8) is 0 Å². The molecule has 182 valence electrons. The van der Waals surface area contributed by atoms with Gasteiger partial charge in [0.15, 0.2) is 5.82 Å². The van der Waals surface area contributed by atoms with Gasteiger partial charge in [-0.05, 0) is 37.5 Å². The Morgan fingerprint density at radius 2 is 1.94 bits per heavy atom. The minimum atomic E-state index is -3.60. The molecule has 1 aromatic carbocycles. The molecule has 0 saturated carbocycles. The first-order valence-corrected chi connectivity index (χ1v) is 13.7. The monoisotopic (exact) mass is 521 g/mol. The normalized spacial score (nSPS) is 16.0. The van der Waals surface area contributed by atoms with Gasteiger partial charge in [-0.2, -0.15) is 9.40 Å². The van der Waals surface area contributed by atoms with E-state index in [0.717, 1.165) is 16.3 Å². The van der Waals surface area contributed by atoms with E-state index in [4.69, 9.17) is 11.6 Å². The van der Waals surface area contributed by atoms with Crippen molar-refractivity contribution >= 4 is 44.7 Å². The number of aromatic amines is 1. The van der Waals surface area contributed by atoms with E-state index in [1.807, 2.05) is 13.0 Å². The Morgan fingerprint density at radius 3 is 2.56 bits per heavy atom. The molecule has 11 heteroatoms. The average Bonchev–Trinajstić information content (AvgIpc) is 3.45. The molecule has 1 saturated heterocycles. The van der Waals surface area contributed by atoms with Crippen LogP contribution in [0.2, 0.25) is 5.02 Å². The van der Waals surface area contributed by atoms with Crippen LogP contribution in [0.4, 0.5) is 5.82 Å². The van der Waals surface area contributed by atoms with Crippen molar-refractivity contribution in [3.05, 3.63) is 56.6 Å². The summed E-state index contributed by atoms with van der Waals surface area (Å²) in [5.41, 5.74) is 2.00. The van der Waals surface area contributed by atoms with Crippen molar-refractivity contribution in [1.29, 1.82) is 0 Å². The van der Waals surface area contributed by atoms with E-state index < -0.39 is 10.0 Å². The molecule has 0 radical (unpaired) electrons. The van der Waals surface area contributed by atoms with E-state index in [1.54, 1.807) is 17.5 Å². The molecule has 2 N–H and O–H groups in total. The van der Waals surface area contributed by atoms with Gasteiger partial charge in [0.05, 0.1) is 9.90 Å². The zero-order valence-corrected chi connectivity index (χ0v) is 21.9. The molecule has 0 aliphatic carbocycles. The van der Waals surface area contributed by atoms with Gasteiger partial charge in [0.2, 0.25) is 10.0 Å². The summed E-state index contributed by atoms with van der Waals surface area (Å²) in [6.07, 6.45) is 1.28. The third-order valence-corrected chi connectivity index (χ3v) is 9.28. The fourth-order valence-electron chi connectivity index (χ4n) is 3.76. The number of nitrogens with one attached hydrogen (secondary N) is 2. The zero-order chi connectivity index (χ0) is 24.7. The van der Waals surface area contributed by atoms with E-state index in [-0.39, 0.29) is 22.1 Å². The summed E-state index contributed by atoms with van der Waals surface area (Å²) in [5.74, 6) is 0.252. The number of thiazole rings is 1. The molecule has 1 fully saturated rings. The van der Waals surface area contributed by atoms with Gasteiger partial charge in [0.1, 0.15) is 5.69 Å². The Bertz CT molecular complexity index is 1300.